The molecular weight excluding hydrogens is 454 g/mol. The van der Waals surface area contributed by atoms with E-state index in [1.165, 1.54) is 11.7 Å². The van der Waals surface area contributed by atoms with Crippen LogP contribution in [0.15, 0.2) is 64.2 Å². The van der Waals surface area contributed by atoms with Gasteiger partial charge in [0.15, 0.2) is 12.3 Å². The van der Waals surface area contributed by atoms with E-state index in [-0.39, 0.29) is 37.6 Å². The maximum Gasteiger partial charge on any atom is 0.330 e. The number of nitrogens with zero attached hydrogens (tertiary/aromatic N) is 2. The third-order valence-electron chi connectivity index (χ3n) is 5.15. The largest absolute Gasteiger partial charge is 0.484 e. The average Bonchev–Trinajstić information content (AvgIpc) is 2.83. The molecule has 11 heteroatoms. The van der Waals surface area contributed by atoms with Crippen molar-refractivity contribution in [1.82, 2.24) is 9.55 Å². The summed E-state index contributed by atoms with van der Waals surface area (Å²) in [6.45, 7) is -0.178. The molecule has 0 radical (unpaired) electrons. The number of nitrogen functional groups attached to an aromatic ring is 1. The summed E-state index contributed by atoms with van der Waals surface area (Å²) in [5.41, 5.74) is 11.3. The number of anilines is 2. The SMILES string of the molecule is COCCN(C(=O)COc1ccc(CC(N)=O)cc1)c1c(N)n(Cc2ccccc2)c(=O)[nH]c1=O. The number of H-pyrrole nitrogens is 1. The van der Waals surface area contributed by atoms with Crippen molar-refractivity contribution in [2.24, 2.45) is 5.73 Å². The number of ether oxygens (including phenoxy) is 2. The van der Waals surface area contributed by atoms with E-state index in [4.69, 9.17) is 20.9 Å². The van der Waals surface area contributed by atoms with Crippen LogP contribution in [-0.2, 0) is 27.3 Å². The smallest absolute Gasteiger partial charge is 0.330 e. The fourth-order valence-corrected chi connectivity index (χ4v) is 3.43. The van der Waals surface area contributed by atoms with Crippen LogP contribution in [0.5, 0.6) is 5.75 Å². The molecule has 0 atom stereocenters. The Balaban J connectivity index is 1.86. The van der Waals surface area contributed by atoms with Crippen LogP contribution in [0.1, 0.15) is 11.1 Å². The van der Waals surface area contributed by atoms with Gasteiger partial charge in [-0.1, -0.05) is 42.5 Å². The zero-order chi connectivity index (χ0) is 25.4. The number of carbonyl (C=O) groups is 2. The molecular formula is C24H27N5O6. The minimum atomic E-state index is -0.794. The molecule has 0 saturated carbocycles. The van der Waals surface area contributed by atoms with Crippen LogP contribution in [0.3, 0.4) is 0 Å². The highest BCUT2D eigenvalue weighted by Gasteiger charge is 2.24. The van der Waals surface area contributed by atoms with Gasteiger partial charge in [-0.2, -0.15) is 0 Å². The number of primary amides is 1. The number of aromatic nitrogens is 2. The summed E-state index contributed by atoms with van der Waals surface area (Å²) in [5, 5.41) is 0. The zero-order valence-corrected chi connectivity index (χ0v) is 19.2. The highest BCUT2D eigenvalue weighted by molar-refractivity contribution is 5.96. The summed E-state index contributed by atoms with van der Waals surface area (Å²) < 4.78 is 11.8. The number of nitrogens with one attached hydrogen (secondary N) is 1. The van der Waals surface area contributed by atoms with E-state index >= 15 is 0 Å². The van der Waals surface area contributed by atoms with Gasteiger partial charge in [0.2, 0.25) is 5.91 Å². The van der Waals surface area contributed by atoms with Crippen LogP contribution in [0.4, 0.5) is 11.5 Å². The molecule has 11 nitrogen and oxygen atoms in total. The fourth-order valence-electron chi connectivity index (χ4n) is 3.43. The number of nitrogens with two attached hydrogens (primary N) is 2. The summed E-state index contributed by atoms with van der Waals surface area (Å²) >= 11 is 0. The van der Waals surface area contributed by atoms with E-state index in [2.05, 4.69) is 4.98 Å². The van der Waals surface area contributed by atoms with Crippen LogP contribution >= 0.6 is 0 Å². The highest BCUT2D eigenvalue weighted by Crippen LogP contribution is 2.19. The molecule has 1 aromatic heterocycles. The van der Waals surface area contributed by atoms with Gasteiger partial charge in [-0.05, 0) is 23.3 Å². The van der Waals surface area contributed by atoms with E-state index in [0.717, 1.165) is 10.5 Å². The molecule has 0 bridgehead atoms. The van der Waals surface area contributed by atoms with E-state index < -0.39 is 29.7 Å². The Hall–Kier alpha value is -4.38. The number of hydrogen-bond acceptors (Lipinski definition) is 7. The lowest BCUT2D eigenvalue weighted by atomic mass is 10.1. The second-order valence-corrected chi connectivity index (χ2v) is 7.68. The normalized spacial score (nSPS) is 10.7. The maximum atomic E-state index is 13.1. The van der Waals surface area contributed by atoms with Crippen LogP contribution in [0.2, 0.25) is 0 Å². The molecule has 3 aromatic rings. The molecule has 0 unspecified atom stereocenters. The van der Waals surface area contributed by atoms with Crippen LogP contribution < -0.4 is 32.4 Å². The molecule has 5 N–H and O–H groups in total. The lowest BCUT2D eigenvalue weighted by molar-refractivity contribution is -0.120. The first kappa shape index (κ1) is 25.2. The Morgan fingerprint density at radius 1 is 1.03 bits per heavy atom. The molecule has 2 aromatic carbocycles. The van der Waals surface area contributed by atoms with Crippen LogP contribution in [-0.4, -0.2) is 48.2 Å². The van der Waals surface area contributed by atoms with Crippen molar-refractivity contribution in [2.45, 2.75) is 13.0 Å². The molecule has 0 aliphatic carbocycles. The van der Waals surface area contributed by atoms with Crippen molar-refractivity contribution in [1.29, 1.82) is 0 Å². The molecule has 0 fully saturated rings. The van der Waals surface area contributed by atoms with Gasteiger partial charge in [-0.25, -0.2) is 4.79 Å². The number of carbonyl (C=O) groups excluding carboxylic acids is 2. The lowest BCUT2D eigenvalue weighted by Gasteiger charge is -2.24. The Kier molecular flexibility index (Phi) is 8.41. The summed E-state index contributed by atoms with van der Waals surface area (Å²) in [7, 11) is 1.46. The topological polar surface area (TPSA) is 163 Å². The number of methoxy groups -OCH3 is 1. The summed E-state index contributed by atoms with van der Waals surface area (Å²) in [4.78, 5) is 52.7. The van der Waals surface area contributed by atoms with Crippen molar-refractivity contribution in [2.75, 3.05) is 37.5 Å². The average molecular weight is 482 g/mol. The molecule has 1 heterocycles. The first-order chi connectivity index (χ1) is 16.8. The Morgan fingerprint density at radius 3 is 2.34 bits per heavy atom. The van der Waals surface area contributed by atoms with Crippen LogP contribution in [0, 0.1) is 0 Å². The van der Waals surface area contributed by atoms with Gasteiger partial charge < -0.3 is 20.9 Å². The second kappa shape index (κ2) is 11.7. The van der Waals surface area contributed by atoms with Crippen molar-refractivity contribution in [3.63, 3.8) is 0 Å². The van der Waals surface area contributed by atoms with Crippen molar-refractivity contribution >= 4 is 23.3 Å². The van der Waals surface area contributed by atoms with Gasteiger partial charge in [0.25, 0.3) is 11.5 Å². The molecule has 2 amide bonds. The highest BCUT2D eigenvalue weighted by atomic mass is 16.5. The lowest BCUT2D eigenvalue weighted by Crippen LogP contribution is -2.44. The number of amides is 2. The molecule has 35 heavy (non-hydrogen) atoms. The van der Waals surface area contributed by atoms with Crippen molar-refractivity contribution in [3.8, 4) is 5.75 Å². The second-order valence-electron chi connectivity index (χ2n) is 7.68. The zero-order valence-electron chi connectivity index (χ0n) is 19.2. The Morgan fingerprint density at radius 2 is 1.71 bits per heavy atom. The van der Waals surface area contributed by atoms with Gasteiger partial charge in [0.1, 0.15) is 11.6 Å². The van der Waals surface area contributed by atoms with Gasteiger partial charge >= 0.3 is 5.69 Å². The monoisotopic (exact) mass is 481 g/mol. The predicted molar refractivity (Wildman–Crippen MR) is 130 cm³/mol. The van der Waals surface area contributed by atoms with Gasteiger partial charge in [-0.3, -0.25) is 28.8 Å². The van der Waals surface area contributed by atoms with Gasteiger partial charge in [-0.15, -0.1) is 0 Å². The third kappa shape index (κ3) is 6.58. The predicted octanol–water partition coefficient (Wildman–Crippen LogP) is 0.253. The van der Waals surface area contributed by atoms with E-state index in [0.29, 0.717) is 11.3 Å². The Bertz CT molecular complexity index is 1280. The third-order valence-corrected chi connectivity index (χ3v) is 5.15. The number of aromatic amines is 1. The quantitative estimate of drug-likeness (QED) is 0.353. The van der Waals surface area contributed by atoms with Crippen molar-refractivity contribution in [3.05, 3.63) is 86.6 Å². The molecule has 0 aliphatic heterocycles. The first-order valence-corrected chi connectivity index (χ1v) is 10.8. The molecule has 0 saturated heterocycles. The Labute approximate surface area is 200 Å². The van der Waals surface area contributed by atoms with Crippen molar-refractivity contribution < 1.29 is 19.1 Å². The maximum absolute atomic E-state index is 13.1. The molecule has 184 valence electrons. The van der Waals surface area contributed by atoms with Gasteiger partial charge in [0.05, 0.1) is 19.6 Å². The fraction of sp³-hybridized carbons (Fsp3) is 0.250. The van der Waals surface area contributed by atoms with E-state index in [1.54, 1.807) is 24.3 Å². The number of rotatable bonds is 11. The van der Waals surface area contributed by atoms with E-state index in [1.807, 2.05) is 30.3 Å². The minimum Gasteiger partial charge on any atom is -0.484 e. The molecule has 0 aliphatic rings. The molecule has 0 spiro atoms. The standard InChI is InChI=1S/C24H27N5O6/c1-34-12-11-28(20(31)15-35-18-9-7-16(8-10-18)13-19(25)30)21-22(26)29(24(33)27-23(21)32)14-17-5-3-2-4-6-17/h2-10H,11-15,26H2,1H3,(H2,25,30)(H,27,32,33). The van der Waals surface area contributed by atoms with Crippen LogP contribution in [0.25, 0.3) is 0 Å². The number of benzene rings is 2. The summed E-state index contributed by atoms with van der Waals surface area (Å²) in [5.74, 6) is -0.790. The summed E-state index contributed by atoms with van der Waals surface area (Å²) in [6.07, 6.45) is 0.0880. The minimum absolute atomic E-state index is 0.00701. The number of hydrogen-bond donors (Lipinski definition) is 3. The van der Waals surface area contributed by atoms with Gasteiger partial charge in [0, 0.05) is 13.7 Å². The summed E-state index contributed by atoms with van der Waals surface area (Å²) in [6, 6.07) is 15.6. The van der Waals surface area contributed by atoms with E-state index in [9.17, 15) is 19.2 Å². The first-order valence-electron chi connectivity index (χ1n) is 10.8. The molecule has 3 rings (SSSR count).